The summed E-state index contributed by atoms with van der Waals surface area (Å²) in [4.78, 5) is 50.6. The molecule has 0 aromatic rings. The molecule has 4 aliphatic rings. The summed E-state index contributed by atoms with van der Waals surface area (Å²) in [5, 5.41) is 25.0. The van der Waals surface area contributed by atoms with Crippen LogP contribution in [0.4, 0.5) is 4.79 Å². The maximum absolute atomic E-state index is 13.5. The highest BCUT2D eigenvalue weighted by Gasteiger charge is 2.54. The second kappa shape index (κ2) is 10.2. The molecule has 0 bridgehead atoms. The quantitative estimate of drug-likeness (QED) is 0.316. The fourth-order valence-corrected chi connectivity index (χ4v) is 5.86. The van der Waals surface area contributed by atoms with Crippen LogP contribution >= 0.6 is 0 Å². The predicted molar refractivity (Wildman–Crippen MR) is 122 cm³/mol. The number of rotatable bonds is 12. The van der Waals surface area contributed by atoms with Crippen LogP contribution in [-0.4, -0.2) is 57.8 Å². The highest BCUT2D eigenvalue weighted by molar-refractivity contribution is 5.96. The number of carboxylic acids is 1. The van der Waals surface area contributed by atoms with Crippen molar-refractivity contribution in [3.63, 3.8) is 0 Å². The minimum absolute atomic E-state index is 0.0998. The molecule has 4 saturated carbocycles. The van der Waals surface area contributed by atoms with Gasteiger partial charge in [0.15, 0.2) is 5.78 Å². The van der Waals surface area contributed by atoms with Crippen molar-refractivity contribution in [2.75, 3.05) is 0 Å². The Kier molecular flexibility index (Phi) is 7.50. The average Bonchev–Trinajstić information content (AvgIpc) is 3.65. The minimum Gasteiger partial charge on any atom is -0.480 e. The van der Waals surface area contributed by atoms with Crippen molar-refractivity contribution in [3.05, 3.63) is 0 Å². The molecule has 4 N–H and O–H groups in total. The van der Waals surface area contributed by atoms with E-state index >= 15 is 0 Å². The lowest BCUT2D eigenvalue weighted by atomic mass is 9.86. The van der Waals surface area contributed by atoms with E-state index in [2.05, 4.69) is 17.6 Å². The summed E-state index contributed by atoms with van der Waals surface area (Å²) in [5.74, 6) is -2.10. The van der Waals surface area contributed by atoms with Crippen LogP contribution < -0.4 is 10.6 Å². The molecule has 0 spiro atoms. The summed E-state index contributed by atoms with van der Waals surface area (Å²) < 4.78 is 5.58. The van der Waals surface area contributed by atoms with Gasteiger partial charge in [-0.3, -0.25) is 9.59 Å². The van der Waals surface area contributed by atoms with E-state index in [0.717, 1.165) is 38.5 Å². The largest absolute Gasteiger partial charge is 0.480 e. The predicted octanol–water partition coefficient (Wildman–Crippen LogP) is 2.54. The molecule has 0 radical (unpaired) electrons. The van der Waals surface area contributed by atoms with Crippen molar-refractivity contribution in [3.8, 4) is 0 Å². The van der Waals surface area contributed by atoms with Crippen LogP contribution in [-0.2, 0) is 19.1 Å². The summed E-state index contributed by atoms with van der Waals surface area (Å²) in [6.45, 7) is 2.09. The van der Waals surface area contributed by atoms with Crippen molar-refractivity contribution in [1.82, 2.24) is 10.6 Å². The van der Waals surface area contributed by atoms with Crippen LogP contribution in [0.25, 0.3) is 0 Å². The van der Waals surface area contributed by atoms with Crippen LogP contribution in [0.15, 0.2) is 0 Å². The van der Waals surface area contributed by atoms with E-state index < -0.39 is 47.5 Å². The summed E-state index contributed by atoms with van der Waals surface area (Å²) in [6, 6.07) is -0.791. The number of ether oxygens (including phenoxy) is 1. The molecular formula is C25H38N2O7. The van der Waals surface area contributed by atoms with E-state index in [1.165, 1.54) is 6.42 Å². The summed E-state index contributed by atoms with van der Waals surface area (Å²) in [5.41, 5.74) is -1.25. The maximum atomic E-state index is 13.5. The van der Waals surface area contributed by atoms with Gasteiger partial charge in [0, 0.05) is 5.92 Å². The molecular weight excluding hydrogens is 440 g/mol. The van der Waals surface area contributed by atoms with Gasteiger partial charge in [-0.25, -0.2) is 9.59 Å². The number of hydrogen-bond acceptors (Lipinski definition) is 6. The number of carbonyl (C=O) groups is 4. The molecule has 4 rings (SSSR count). The number of Topliss-reactive ketones (excluding diaryl/α,β-unsaturated/α-hetero) is 1. The number of ketones is 1. The molecule has 190 valence electrons. The number of carboxylic acid groups (broad SMARTS) is 1. The standard InChI is InChI=1S/C25H38N2O7/c1-2-3-4-5-6-20(26-24(33)34-17-10-14-9-15(14)11-17)21(29)18-12-16(28)13-19(18)22(30)27-25(7-8-25)23(31)32/h14-20,28H,2-13H2,1H3,(H,26,33)(H,27,30)(H,31,32)/t14-,15+,16-,17?,18?,19+,20-/m0/s1. The fourth-order valence-electron chi connectivity index (χ4n) is 5.86. The first-order chi connectivity index (χ1) is 16.2. The molecule has 0 aromatic carbocycles. The zero-order valence-corrected chi connectivity index (χ0v) is 20.0. The van der Waals surface area contributed by atoms with Crippen molar-refractivity contribution in [1.29, 1.82) is 0 Å². The molecule has 2 unspecified atom stereocenters. The number of nitrogens with one attached hydrogen (secondary N) is 2. The van der Waals surface area contributed by atoms with Gasteiger partial charge in [-0.1, -0.05) is 32.6 Å². The van der Waals surface area contributed by atoms with Crippen LogP contribution in [0, 0.1) is 23.7 Å². The lowest BCUT2D eigenvalue weighted by Gasteiger charge is -2.26. The van der Waals surface area contributed by atoms with Crippen molar-refractivity contribution >= 4 is 23.8 Å². The van der Waals surface area contributed by atoms with E-state index in [-0.39, 0.29) is 24.7 Å². The van der Waals surface area contributed by atoms with Crippen molar-refractivity contribution < 1.29 is 34.1 Å². The zero-order chi connectivity index (χ0) is 24.5. The van der Waals surface area contributed by atoms with E-state index in [9.17, 15) is 29.4 Å². The van der Waals surface area contributed by atoms with E-state index in [1.54, 1.807) is 0 Å². The lowest BCUT2D eigenvalue weighted by molar-refractivity contribution is -0.144. The summed E-state index contributed by atoms with van der Waals surface area (Å²) >= 11 is 0. The van der Waals surface area contributed by atoms with E-state index in [1.807, 2.05) is 0 Å². The summed E-state index contributed by atoms with van der Waals surface area (Å²) in [7, 11) is 0. The highest BCUT2D eigenvalue weighted by atomic mass is 16.6. The number of aliphatic hydroxyl groups excluding tert-OH is 1. The SMILES string of the molecule is CCCCCC[C@H](NC(=O)OC1C[C@@H]2C[C@@H]2C1)C(=O)C1C[C@H](O)C[C@H]1C(=O)NC1(C(=O)O)CC1. The fraction of sp³-hybridized carbons (Fsp3) is 0.840. The van der Waals surface area contributed by atoms with Crippen LogP contribution in [0.1, 0.15) is 84.0 Å². The van der Waals surface area contributed by atoms with Gasteiger partial charge in [0.1, 0.15) is 11.6 Å². The third kappa shape index (κ3) is 5.73. The Morgan fingerprint density at radius 3 is 2.26 bits per heavy atom. The number of alkyl carbamates (subject to hydrolysis) is 1. The first-order valence-electron chi connectivity index (χ1n) is 13.0. The Balaban J connectivity index is 1.39. The van der Waals surface area contributed by atoms with Crippen LogP contribution in [0.2, 0.25) is 0 Å². The second-order valence-corrected chi connectivity index (χ2v) is 10.9. The molecule has 0 saturated heterocycles. The van der Waals surface area contributed by atoms with Crippen LogP contribution in [0.5, 0.6) is 0 Å². The highest BCUT2D eigenvalue weighted by Crippen LogP contribution is 2.52. The third-order valence-corrected chi connectivity index (χ3v) is 8.22. The third-order valence-electron chi connectivity index (χ3n) is 8.22. The molecule has 4 fully saturated rings. The summed E-state index contributed by atoms with van der Waals surface area (Å²) in [6.07, 6.45) is 6.64. The smallest absolute Gasteiger partial charge is 0.407 e. The maximum Gasteiger partial charge on any atom is 0.407 e. The van der Waals surface area contributed by atoms with E-state index in [4.69, 9.17) is 4.74 Å². The topological polar surface area (TPSA) is 142 Å². The molecule has 0 heterocycles. The molecule has 2 amide bonds. The molecule has 34 heavy (non-hydrogen) atoms. The Labute approximate surface area is 200 Å². The Bertz CT molecular complexity index is 801. The number of unbranched alkanes of at least 4 members (excludes halogenated alkanes) is 3. The lowest BCUT2D eigenvalue weighted by Crippen LogP contribution is -2.50. The van der Waals surface area contributed by atoms with Gasteiger partial charge in [-0.15, -0.1) is 0 Å². The molecule has 0 aliphatic heterocycles. The average molecular weight is 479 g/mol. The van der Waals surface area contributed by atoms with Gasteiger partial charge in [0.2, 0.25) is 5.91 Å². The number of hydrogen-bond donors (Lipinski definition) is 4. The zero-order valence-electron chi connectivity index (χ0n) is 20.0. The first kappa shape index (κ1) is 24.9. The molecule has 0 aromatic heterocycles. The van der Waals surface area contributed by atoms with Crippen LogP contribution in [0.3, 0.4) is 0 Å². The van der Waals surface area contributed by atoms with Gasteiger partial charge in [-0.2, -0.15) is 0 Å². The van der Waals surface area contributed by atoms with Gasteiger partial charge < -0.3 is 25.6 Å². The Morgan fingerprint density at radius 1 is 0.971 bits per heavy atom. The van der Waals surface area contributed by atoms with Crippen molar-refractivity contribution in [2.24, 2.45) is 23.7 Å². The Morgan fingerprint density at radius 2 is 1.65 bits per heavy atom. The minimum atomic E-state index is -1.25. The second-order valence-electron chi connectivity index (χ2n) is 10.9. The molecule has 7 atom stereocenters. The Hall–Kier alpha value is -2.16. The number of carbonyl (C=O) groups excluding carboxylic acids is 3. The molecule has 4 aliphatic carbocycles. The molecule has 9 nitrogen and oxygen atoms in total. The number of aliphatic carboxylic acids is 1. The monoisotopic (exact) mass is 478 g/mol. The number of aliphatic hydroxyl groups is 1. The molecule has 9 heteroatoms. The van der Waals surface area contributed by atoms with Gasteiger partial charge in [0.05, 0.1) is 18.1 Å². The number of fused-ring (bicyclic) bond motifs is 1. The van der Waals surface area contributed by atoms with E-state index in [0.29, 0.717) is 31.1 Å². The van der Waals surface area contributed by atoms with Gasteiger partial charge in [-0.05, 0) is 63.2 Å². The number of amides is 2. The van der Waals surface area contributed by atoms with Gasteiger partial charge in [0.25, 0.3) is 0 Å². The van der Waals surface area contributed by atoms with Gasteiger partial charge >= 0.3 is 12.1 Å². The normalized spacial score (nSPS) is 33.5. The van der Waals surface area contributed by atoms with Crippen molar-refractivity contribution in [2.45, 2.75) is 108 Å². The first-order valence-corrected chi connectivity index (χ1v) is 13.0.